The van der Waals surface area contributed by atoms with Gasteiger partial charge in [-0.2, -0.15) is 10.2 Å². The molecule has 0 unspecified atom stereocenters. The number of likely N-dealkylation sites (tertiary alicyclic amines) is 1. The minimum absolute atomic E-state index is 0.0995. The van der Waals surface area contributed by atoms with Gasteiger partial charge in [0, 0.05) is 12.8 Å². The van der Waals surface area contributed by atoms with E-state index in [0.717, 1.165) is 31.3 Å². The smallest absolute Gasteiger partial charge is 0.334 e. The summed E-state index contributed by atoms with van der Waals surface area (Å²) < 4.78 is 29.6. The van der Waals surface area contributed by atoms with Gasteiger partial charge in [-0.1, -0.05) is 0 Å². The van der Waals surface area contributed by atoms with Gasteiger partial charge in [0.2, 0.25) is 0 Å². The van der Waals surface area contributed by atoms with Gasteiger partial charge in [-0.15, -0.1) is 0 Å². The van der Waals surface area contributed by atoms with Crippen molar-refractivity contribution >= 4 is 24.0 Å². The lowest BCUT2D eigenvalue weighted by molar-refractivity contribution is 0.0582. The zero-order chi connectivity index (χ0) is 24.1. The van der Waals surface area contributed by atoms with Crippen LogP contribution in [0.5, 0.6) is 0 Å². The lowest BCUT2D eigenvalue weighted by Gasteiger charge is -2.36. The van der Waals surface area contributed by atoms with Crippen LogP contribution < -0.4 is 11.1 Å². The number of pyridine rings is 1. The Kier molecular flexibility index (Phi) is 6.85. The zero-order valence-electron chi connectivity index (χ0n) is 18.1. The number of halogens is 2. The summed E-state index contributed by atoms with van der Waals surface area (Å²) in [7, 11) is 0. The van der Waals surface area contributed by atoms with E-state index < -0.39 is 23.2 Å². The Balaban J connectivity index is 1.58. The van der Waals surface area contributed by atoms with E-state index in [1.807, 2.05) is 0 Å². The van der Waals surface area contributed by atoms with Gasteiger partial charge in [0.05, 0.1) is 36.2 Å². The number of carbonyl (C=O) groups excluding carboxylic acids is 1. The number of carbonyl (C=O) groups is 1. The molecule has 3 aromatic rings. The molecule has 1 saturated heterocycles. The number of amides is 1. The van der Waals surface area contributed by atoms with Crippen molar-refractivity contribution in [3.05, 3.63) is 70.5 Å². The molecule has 0 aliphatic carbocycles. The highest BCUT2D eigenvalue weighted by Gasteiger charge is 2.30. The summed E-state index contributed by atoms with van der Waals surface area (Å²) in [6.45, 7) is 0.584. The summed E-state index contributed by atoms with van der Waals surface area (Å²) in [5.41, 5.74) is 2.60. The van der Waals surface area contributed by atoms with Crippen LogP contribution in [0.4, 0.5) is 14.5 Å². The Hall–Kier alpha value is -4.22. The van der Waals surface area contributed by atoms with E-state index >= 15 is 0 Å². The van der Waals surface area contributed by atoms with Crippen molar-refractivity contribution in [2.45, 2.75) is 31.8 Å². The number of anilines is 1. The van der Waals surface area contributed by atoms with Gasteiger partial charge < -0.3 is 10.3 Å². The first kappa shape index (κ1) is 23.0. The van der Waals surface area contributed by atoms with E-state index in [0.29, 0.717) is 18.7 Å². The van der Waals surface area contributed by atoms with E-state index in [4.69, 9.17) is 5.41 Å². The molecule has 2 aromatic heterocycles. The summed E-state index contributed by atoms with van der Waals surface area (Å²) in [5.74, 6) is -1.25. The quantitative estimate of drug-likeness (QED) is 0.408. The molecular formula is C22H22F2N8O2. The maximum atomic E-state index is 14.0. The number of piperidine rings is 1. The number of nitrogens with zero attached hydrogens (tertiary/aromatic N) is 6. The van der Waals surface area contributed by atoms with E-state index in [1.54, 1.807) is 4.90 Å². The fourth-order valence-corrected chi connectivity index (χ4v) is 3.88. The largest absolute Gasteiger partial charge is 0.351 e. The summed E-state index contributed by atoms with van der Waals surface area (Å²) >= 11 is 0. The molecule has 3 heterocycles. The molecule has 1 fully saturated rings. The fraction of sp³-hybridized carbons (Fsp3) is 0.273. The summed E-state index contributed by atoms with van der Waals surface area (Å²) in [6, 6.07) is 5.98. The van der Waals surface area contributed by atoms with Crippen LogP contribution in [-0.2, 0) is 6.54 Å². The second kappa shape index (κ2) is 10.1. The standard InChI is InChI=1S/C22H22F2N8O2/c23-15-4-6-19(29-27-9-8-25)18(11-15)21(33)30-10-2-1-3-17(30)13-32-22(34)31(14-28-32)20-7-5-16(24)12-26-20/h4-9,11-12,14,17,25,29H,1-3,10,13H2/b25-8?,27-9-/t17-/m0/s1. The maximum Gasteiger partial charge on any atom is 0.351 e. The van der Waals surface area contributed by atoms with Crippen molar-refractivity contribution in [3.63, 3.8) is 0 Å². The summed E-state index contributed by atoms with van der Waals surface area (Å²) in [6.07, 6.45) is 6.75. The topological polar surface area (TPSA) is 121 Å². The highest BCUT2D eigenvalue weighted by atomic mass is 19.1. The molecule has 0 spiro atoms. The average molecular weight is 468 g/mol. The third-order valence-electron chi connectivity index (χ3n) is 5.51. The van der Waals surface area contributed by atoms with Crippen LogP contribution in [-0.4, -0.2) is 55.2 Å². The van der Waals surface area contributed by atoms with Crippen LogP contribution >= 0.6 is 0 Å². The maximum absolute atomic E-state index is 14.0. The van der Waals surface area contributed by atoms with Gasteiger partial charge in [-0.25, -0.2) is 27.8 Å². The molecule has 10 nitrogen and oxygen atoms in total. The number of hydrazone groups is 1. The van der Waals surface area contributed by atoms with E-state index in [9.17, 15) is 18.4 Å². The Morgan fingerprint density at radius 1 is 1.24 bits per heavy atom. The van der Waals surface area contributed by atoms with Crippen molar-refractivity contribution in [1.29, 1.82) is 5.41 Å². The minimum Gasteiger partial charge on any atom is -0.334 e. The van der Waals surface area contributed by atoms with E-state index in [2.05, 4.69) is 20.6 Å². The first-order chi connectivity index (χ1) is 16.5. The number of hydrogen-bond acceptors (Lipinski definition) is 7. The van der Waals surface area contributed by atoms with E-state index in [1.165, 1.54) is 46.1 Å². The van der Waals surface area contributed by atoms with Gasteiger partial charge in [-0.05, 0) is 49.6 Å². The van der Waals surface area contributed by atoms with Gasteiger partial charge in [0.1, 0.15) is 23.8 Å². The van der Waals surface area contributed by atoms with Crippen LogP contribution in [0.1, 0.15) is 29.6 Å². The van der Waals surface area contributed by atoms with Crippen LogP contribution in [0, 0.1) is 17.0 Å². The van der Waals surface area contributed by atoms with Crippen LogP contribution in [0.25, 0.3) is 5.82 Å². The normalized spacial score (nSPS) is 16.1. The predicted molar refractivity (Wildman–Crippen MR) is 122 cm³/mol. The Bertz CT molecular complexity index is 1270. The molecule has 176 valence electrons. The third kappa shape index (κ3) is 4.90. The van der Waals surface area contributed by atoms with Gasteiger partial charge >= 0.3 is 5.69 Å². The molecule has 4 rings (SSSR count). The third-order valence-corrected chi connectivity index (χ3v) is 5.51. The van der Waals surface area contributed by atoms with Crippen molar-refractivity contribution in [1.82, 2.24) is 24.2 Å². The van der Waals surface area contributed by atoms with E-state index in [-0.39, 0.29) is 24.0 Å². The second-order valence-electron chi connectivity index (χ2n) is 7.69. The molecule has 34 heavy (non-hydrogen) atoms. The monoisotopic (exact) mass is 468 g/mol. The number of benzene rings is 1. The molecule has 1 aromatic carbocycles. The molecule has 1 aliphatic rings. The number of nitrogens with one attached hydrogen (secondary N) is 2. The van der Waals surface area contributed by atoms with Crippen LogP contribution in [0.3, 0.4) is 0 Å². The molecule has 1 amide bonds. The number of rotatable bonds is 7. The fourth-order valence-electron chi connectivity index (χ4n) is 3.88. The zero-order valence-corrected chi connectivity index (χ0v) is 18.1. The van der Waals surface area contributed by atoms with Crippen molar-refractivity contribution in [2.75, 3.05) is 12.0 Å². The van der Waals surface area contributed by atoms with Crippen molar-refractivity contribution in [3.8, 4) is 5.82 Å². The van der Waals surface area contributed by atoms with Gasteiger partial charge in [-0.3, -0.25) is 10.2 Å². The van der Waals surface area contributed by atoms with Crippen LogP contribution in [0.15, 0.2) is 52.8 Å². The molecule has 1 aliphatic heterocycles. The Morgan fingerprint density at radius 3 is 2.82 bits per heavy atom. The molecule has 12 heteroatoms. The number of hydrogen-bond donors (Lipinski definition) is 2. The van der Waals surface area contributed by atoms with Gasteiger partial charge in [0.15, 0.2) is 0 Å². The molecule has 1 atom stereocenters. The highest BCUT2D eigenvalue weighted by molar-refractivity contribution is 6.14. The van der Waals surface area contributed by atoms with Crippen molar-refractivity contribution in [2.24, 2.45) is 5.10 Å². The van der Waals surface area contributed by atoms with Crippen molar-refractivity contribution < 1.29 is 13.6 Å². The SMILES string of the molecule is N=C/C=N\Nc1ccc(F)cc1C(=O)N1CCCC[C@H]1Cn1ncn(-c2ccc(F)cn2)c1=O. The second-order valence-corrected chi connectivity index (χ2v) is 7.69. The highest BCUT2D eigenvalue weighted by Crippen LogP contribution is 2.25. The minimum atomic E-state index is -0.569. The average Bonchev–Trinajstić information content (AvgIpc) is 3.20. The Morgan fingerprint density at radius 2 is 2.06 bits per heavy atom. The molecular weight excluding hydrogens is 446 g/mol. The van der Waals surface area contributed by atoms with Gasteiger partial charge in [0.25, 0.3) is 5.91 Å². The van der Waals surface area contributed by atoms with Crippen LogP contribution in [0.2, 0.25) is 0 Å². The first-order valence-corrected chi connectivity index (χ1v) is 10.6. The first-order valence-electron chi connectivity index (χ1n) is 10.6. The molecule has 0 bridgehead atoms. The summed E-state index contributed by atoms with van der Waals surface area (Å²) in [5, 5.41) is 15.0. The summed E-state index contributed by atoms with van der Waals surface area (Å²) in [4.78, 5) is 31.8. The molecule has 2 N–H and O–H groups in total. The number of aromatic nitrogens is 4. The Labute approximate surface area is 193 Å². The lowest BCUT2D eigenvalue weighted by atomic mass is 10.00. The molecule has 0 radical (unpaired) electrons. The lowest BCUT2D eigenvalue weighted by Crippen LogP contribution is -2.47. The predicted octanol–water partition coefficient (Wildman–Crippen LogP) is 2.45. The molecule has 0 saturated carbocycles.